The number of para-hydroxylation sites is 1. The fourth-order valence-corrected chi connectivity index (χ4v) is 7.55. The molecule has 7 aromatic carbocycles. The van der Waals surface area contributed by atoms with E-state index in [1.807, 2.05) is 0 Å². The summed E-state index contributed by atoms with van der Waals surface area (Å²) in [5, 5.41) is 0. The molecule has 0 N–H and O–H groups in total. The van der Waals surface area contributed by atoms with E-state index in [4.69, 9.17) is 9.47 Å². The topological polar surface area (TPSA) is 21.7 Å². The van der Waals surface area contributed by atoms with E-state index < -0.39 is 0 Å². The third-order valence-corrected chi connectivity index (χ3v) is 10.3. The second-order valence-corrected chi connectivity index (χ2v) is 14.7. The molecule has 246 valence electrons. The highest BCUT2D eigenvalue weighted by Crippen LogP contribution is 2.45. The van der Waals surface area contributed by atoms with Gasteiger partial charge in [-0.25, -0.2) is 0 Å². The van der Waals surface area contributed by atoms with Crippen molar-refractivity contribution < 1.29 is 9.47 Å². The molecular formula is C47H38BNO2. The lowest BCUT2D eigenvalue weighted by molar-refractivity contribution is 0.465. The molecule has 2 aliphatic heterocycles. The molecule has 9 rings (SSSR count). The molecule has 0 bridgehead atoms. The zero-order chi connectivity index (χ0) is 34.7. The molecule has 2 aliphatic rings. The van der Waals surface area contributed by atoms with Crippen LogP contribution < -0.4 is 30.8 Å². The van der Waals surface area contributed by atoms with Crippen LogP contribution in [0.4, 0.5) is 17.1 Å². The monoisotopic (exact) mass is 659 g/mol. The van der Waals surface area contributed by atoms with E-state index in [0.717, 1.165) is 78.7 Å². The molecule has 0 aliphatic carbocycles. The van der Waals surface area contributed by atoms with Gasteiger partial charge in [-0.3, -0.25) is 0 Å². The Bertz CT molecular complexity index is 2300. The summed E-state index contributed by atoms with van der Waals surface area (Å²) in [6, 6.07) is 56.1. The van der Waals surface area contributed by atoms with E-state index in [0.29, 0.717) is 0 Å². The number of benzene rings is 7. The van der Waals surface area contributed by atoms with Crippen LogP contribution in [0.3, 0.4) is 0 Å². The van der Waals surface area contributed by atoms with Crippen LogP contribution in [0.5, 0.6) is 23.0 Å². The van der Waals surface area contributed by atoms with Crippen molar-refractivity contribution in [3.63, 3.8) is 0 Å². The second-order valence-electron chi connectivity index (χ2n) is 14.7. The van der Waals surface area contributed by atoms with Gasteiger partial charge in [0.1, 0.15) is 23.0 Å². The predicted octanol–water partition coefficient (Wildman–Crippen LogP) is 10.8. The SMILES string of the molecule is Cc1ccc(C(C)(C)C)cc1N(c1ccccc1)c1cc2c3c(c1)Oc1cc(-c4ccccc4)ccc1B3c1ccc(-c3ccccc3)cc1O2. The Morgan fingerprint density at radius 2 is 0.980 bits per heavy atom. The summed E-state index contributed by atoms with van der Waals surface area (Å²) in [7, 11) is 0. The van der Waals surface area contributed by atoms with Crippen molar-refractivity contribution in [2.45, 2.75) is 33.1 Å². The average molecular weight is 660 g/mol. The van der Waals surface area contributed by atoms with Gasteiger partial charge in [0.15, 0.2) is 0 Å². The second kappa shape index (κ2) is 12.1. The first-order chi connectivity index (χ1) is 24.8. The molecule has 7 aromatic rings. The van der Waals surface area contributed by atoms with Crippen LogP contribution in [0.1, 0.15) is 31.9 Å². The maximum absolute atomic E-state index is 6.96. The molecule has 0 saturated carbocycles. The summed E-state index contributed by atoms with van der Waals surface area (Å²) >= 11 is 0. The lowest BCUT2D eigenvalue weighted by atomic mass is 9.34. The van der Waals surface area contributed by atoms with Crippen molar-refractivity contribution in [3.8, 4) is 45.3 Å². The number of nitrogens with zero attached hydrogens (tertiary/aromatic N) is 1. The van der Waals surface area contributed by atoms with Crippen LogP contribution in [0.25, 0.3) is 22.3 Å². The fraction of sp³-hybridized carbons (Fsp3) is 0.106. The number of ether oxygens (including phenoxy) is 2. The first kappa shape index (κ1) is 31.0. The Kier molecular flexibility index (Phi) is 7.36. The third-order valence-electron chi connectivity index (χ3n) is 10.3. The lowest BCUT2D eigenvalue weighted by Gasteiger charge is -2.35. The quantitative estimate of drug-likeness (QED) is 0.172. The summed E-state index contributed by atoms with van der Waals surface area (Å²) in [6.45, 7) is 8.94. The smallest absolute Gasteiger partial charge is 0.260 e. The normalized spacial score (nSPS) is 12.6. The van der Waals surface area contributed by atoms with Crippen LogP contribution in [0.15, 0.2) is 158 Å². The largest absolute Gasteiger partial charge is 0.458 e. The molecule has 4 heteroatoms. The number of fused-ring (bicyclic) bond motifs is 4. The molecule has 0 spiro atoms. The summed E-state index contributed by atoms with van der Waals surface area (Å²) in [4.78, 5) is 2.34. The van der Waals surface area contributed by atoms with Gasteiger partial charge in [0.25, 0.3) is 6.71 Å². The van der Waals surface area contributed by atoms with Crippen LogP contribution in [0, 0.1) is 6.92 Å². The number of anilines is 3. The standard InChI is InChI=1S/C47H38BNO2/c1-31-20-23-36(47(2,3)4)28-41(31)49(37-18-12-7-13-19-37)38-29-44-46-45(30-38)51-43-27-35(33-16-10-6-11-17-33)22-25-40(43)48(46)39-24-21-34(26-42(39)50-44)32-14-8-5-9-15-32/h5-30H,1-4H3. The minimum atomic E-state index is -0.0395. The van der Waals surface area contributed by atoms with Crippen LogP contribution in [-0.2, 0) is 5.41 Å². The van der Waals surface area contributed by atoms with Gasteiger partial charge >= 0.3 is 0 Å². The van der Waals surface area contributed by atoms with Gasteiger partial charge in [-0.05, 0) is 87.0 Å². The number of hydrogen-bond donors (Lipinski definition) is 0. The van der Waals surface area contributed by atoms with Crippen LogP contribution >= 0.6 is 0 Å². The summed E-state index contributed by atoms with van der Waals surface area (Å²) in [6.07, 6.45) is 0. The molecular weight excluding hydrogens is 621 g/mol. The Morgan fingerprint density at radius 3 is 1.49 bits per heavy atom. The van der Waals surface area contributed by atoms with Crippen molar-refractivity contribution in [2.75, 3.05) is 4.90 Å². The summed E-state index contributed by atoms with van der Waals surface area (Å²) < 4.78 is 13.9. The summed E-state index contributed by atoms with van der Waals surface area (Å²) in [5.41, 5.74) is 13.6. The predicted molar refractivity (Wildman–Crippen MR) is 213 cm³/mol. The van der Waals surface area contributed by atoms with Gasteiger partial charge in [0.05, 0.1) is 5.69 Å². The molecule has 0 radical (unpaired) electrons. The lowest BCUT2D eigenvalue weighted by Crippen LogP contribution is -2.57. The Hall–Kier alpha value is -6.00. The molecule has 3 nitrogen and oxygen atoms in total. The number of rotatable bonds is 5. The Morgan fingerprint density at radius 1 is 0.471 bits per heavy atom. The van der Waals surface area contributed by atoms with E-state index >= 15 is 0 Å². The molecule has 0 saturated heterocycles. The molecule has 0 unspecified atom stereocenters. The minimum absolute atomic E-state index is 0.00750. The van der Waals surface area contributed by atoms with Crippen LogP contribution in [0.2, 0.25) is 0 Å². The van der Waals surface area contributed by atoms with Gasteiger partial charge in [-0.2, -0.15) is 0 Å². The Labute approximate surface area is 300 Å². The first-order valence-electron chi connectivity index (χ1n) is 17.7. The maximum atomic E-state index is 6.96. The van der Waals surface area contributed by atoms with Gasteiger partial charge < -0.3 is 14.4 Å². The van der Waals surface area contributed by atoms with Crippen molar-refractivity contribution >= 4 is 40.2 Å². The highest BCUT2D eigenvalue weighted by atomic mass is 16.5. The van der Waals surface area contributed by atoms with Crippen molar-refractivity contribution in [1.82, 2.24) is 0 Å². The van der Waals surface area contributed by atoms with E-state index in [1.54, 1.807) is 0 Å². The van der Waals surface area contributed by atoms with Crippen LogP contribution in [-0.4, -0.2) is 6.71 Å². The molecule has 0 amide bonds. The molecule has 0 atom stereocenters. The van der Waals surface area contributed by atoms with Gasteiger partial charge in [-0.15, -0.1) is 0 Å². The highest BCUT2D eigenvalue weighted by Gasteiger charge is 2.41. The maximum Gasteiger partial charge on any atom is 0.260 e. The van der Waals surface area contributed by atoms with Gasteiger partial charge in [0, 0.05) is 29.0 Å². The van der Waals surface area contributed by atoms with E-state index in [-0.39, 0.29) is 12.1 Å². The summed E-state index contributed by atoms with van der Waals surface area (Å²) in [5.74, 6) is 3.37. The molecule has 2 heterocycles. The minimum Gasteiger partial charge on any atom is -0.458 e. The molecule has 51 heavy (non-hydrogen) atoms. The van der Waals surface area contributed by atoms with E-state index in [2.05, 4.69) is 190 Å². The van der Waals surface area contributed by atoms with Crippen molar-refractivity contribution in [2.24, 2.45) is 0 Å². The van der Waals surface area contributed by atoms with Crippen molar-refractivity contribution in [1.29, 1.82) is 0 Å². The zero-order valence-electron chi connectivity index (χ0n) is 29.4. The van der Waals surface area contributed by atoms with Gasteiger partial charge in [0.2, 0.25) is 0 Å². The van der Waals surface area contributed by atoms with Gasteiger partial charge in [-0.1, -0.05) is 136 Å². The highest BCUT2D eigenvalue weighted by molar-refractivity contribution is 6.98. The first-order valence-corrected chi connectivity index (χ1v) is 17.7. The Balaban J connectivity index is 1.26. The number of aryl methyl sites for hydroxylation is 1. The van der Waals surface area contributed by atoms with Crippen molar-refractivity contribution in [3.05, 3.63) is 169 Å². The molecule has 0 fully saturated rings. The third kappa shape index (κ3) is 5.48. The van der Waals surface area contributed by atoms with E-state index in [9.17, 15) is 0 Å². The van der Waals surface area contributed by atoms with E-state index in [1.165, 1.54) is 11.1 Å². The average Bonchev–Trinajstić information content (AvgIpc) is 3.15. The zero-order valence-corrected chi connectivity index (χ0v) is 29.4. The number of hydrogen-bond acceptors (Lipinski definition) is 3. The molecule has 0 aromatic heterocycles. The fourth-order valence-electron chi connectivity index (χ4n) is 7.55.